The lowest BCUT2D eigenvalue weighted by molar-refractivity contribution is 0.415. The molecule has 7 nitrogen and oxygen atoms in total. The van der Waals surface area contributed by atoms with Crippen LogP contribution in [0.1, 0.15) is 26.3 Å². The molecule has 2 aromatic heterocycles. The summed E-state index contributed by atoms with van der Waals surface area (Å²) in [6.45, 7) is 7.76. The molecule has 7 heteroatoms. The first kappa shape index (κ1) is 23.5. The third-order valence-electron chi connectivity index (χ3n) is 6.29. The van der Waals surface area contributed by atoms with E-state index in [0.29, 0.717) is 12.4 Å². The zero-order chi connectivity index (χ0) is 25.1. The van der Waals surface area contributed by atoms with Crippen LogP contribution in [0.4, 0.5) is 0 Å². The van der Waals surface area contributed by atoms with Gasteiger partial charge in [-0.15, -0.1) is 0 Å². The Bertz CT molecular complexity index is 1360. The molecule has 0 unspecified atom stereocenters. The van der Waals surface area contributed by atoms with Gasteiger partial charge in [0.15, 0.2) is 23.3 Å². The summed E-state index contributed by atoms with van der Waals surface area (Å²) >= 11 is 0. The Morgan fingerprint density at radius 2 is 1.14 bits per heavy atom. The number of ether oxygens (including phenoxy) is 1. The van der Waals surface area contributed by atoms with Crippen molar-refractivity contribution in [3.8, 4) is 51.3 Å². The summed E-state index contributed by atoms with van der Waals surface area (Å²) in [5, 5.41) is 9.54. The predicted octanol–water partition coefficient (Wildman–Crippen LogP) is 6.15. The number of hydrogen-bond donors (Lipinski definition) is 0. The van der Waals surface area contributed by atoms with Crippen LogP contribution in [-0.4, -0.2) is 36.6 Å². The van der Waals surface area contributed by atoms with Crippen LogP contribution < -0.4 is 4.74 Å². The van der Waals surface area contributed by atoms with Gasteiger partial charge in [-0.05, 0) is 56.2 Å². The van der Waals surface area contributed by atoms with Crippen LogP contribution in [0.25, 0.3) is 45.6 Å². The zero-order valence-electron chi connectivity index (χ0n) is 21.1. The molecule has 5 rings (SSSR count). The summed E-state index contributed by atoms with van der Waals surface area (Å²) in [6, 6.07) is 24.6. The smallest absolute Gasteiger partial charge is 0.181 e. The second-order valence-corrected chi connectivity index (χ2v) is 8.51. The molecule has 0 amide bonds. The number of hydrogen-bond acceptors (Lipinski definition) is 5. The minimum atomic E-state index is 0.689. The standard InChI is InChI=1S/C29H30N6O/c1-5-20-11-13-21(14-12-20)26-30-28(34(6-2)32-26)23-9-8-10-24(19-23)29-31-27(33-35(29)7-3)22-15-17-25(36-4)18-16-22/h8-19H,5-7H2,1-4H3. The van der Waals surface area contributed by atoms with Crippen LogP contribution >= 0.6 is 0 Å². The normalized spacial score (nSPS) is 11.1. The molecule has 0 fully saturated rings. The molecule has 0 aliphatic carbocycles. The summed E-state index contributed by atoms with van der Waals surface area (Å²) in [7, 11) is 1.66. The molecule has 0 bridgehead atoms. The first-order valence-corrected chi connectivity index (χ1v) is 12.4. The number of rotatable bonds is 8. The molecule has 3 aromatic carbocycles. The van der Waals surface area contributed by atoms with E-state index in [2.05, 4.69) is 63.2 Å². The fourth-order valence-electron chi connectivity index (χ4n) is 4.22. The van der Waals surface area contributed by atoms with E-state index in [9.17, 15) is 0 Å². The first-order chi connectivity index (χ1) is 17.6. The first-order valence-electron chi connectivity index (χ1n) is 12.4. The quantitative estimate of drug-likeness (QED) is 0.268. The maximum Gasteiger partial charge on any atom is 0.181 e. The monoisotopic (exact) mass is 478 g/mol. The third kappa shape index (κ3) is 4.52. The second kappa shape index (κ2) is 10.2. The number of nitrogens with zero attached hydrogens (tertiary/aromatic N) is 6. The number of benzene rings is 3. The van der Waals surface area contributed by atoms with Crippen molar-refractivity contribution < 1.29 is 4.74 Å². The van der Waals surface area contributed by atoms with E-state index in [-0.39, 0.29) is 0 Å². The molecule has 0 atom stereocenters. The van der Waals surface area contributed by atoms with E-state index in [1.165, 1.54) is 5.56 Å². The number of methoxy groups -OCH3 is 1. The molecular formula is C29H30N6O. The highest BCUT2D eigenvalue weighted by Crippen LogP contribution is 2.29. The zero-order valence-corrected chi connectivity index (χ0v) is 21.1. The Morgan fingerprint density at radius 1 is 0.639 bits per heavy atom. The lowest BCUT2D eigenvalue weighted by Gasteiger charge is -2.06. The van der Waals surface area contributed by atoms with Gasteiger partial charge < -0.3 is 4.74 Å². The maximum atomic E-state index is 5.28. The van der Waals surface area contributed by atoms with Gasteiger partial charge in [0.2, 0.25) is 0 Å². The van der Waals surface area contributed by atoms with Crippen molar-refractivity contribution in [3.05, 3.63) is 78.4 Å². The number of aryl methyl sites for hydroxylation is 3. The van der Waals surface area contributed by atoms with Gasteiger partial charge in [-0.3, -0.25) is 0 Å². The van der Waals surface area contributed by atoms with Crippen LogP contribution in [0.5, 0.6) is 5.75 Å². The Labute approximate surface area is 211 Å². The van der Waals surface area contributed by atoms with Crippen LogP contribution in [0.2, 0.25) is 0 Å². The van der Waals surface area contributed by atoms with E-state index in [4.69, 9.17) is 24.9 Å². The number of aromatic nitrogens is 6. The van der Waals surface area contributed by atoms with E-state index < -0.39 is 0 Å². The molecule has 0 spiro atoms. The summed E-state index contributed by atoms with van der Waals surface area (Å²) in [6.07, 6.45) is 1.01. The highest BCUT2D eigenvalue weighted by molar-refractivity contribution is 5.69. The fourth-order valence-corrected chi connectivity index (χ4v) is 4.22. The molecule has 0 saturated heterocycles. The van der Waals surface area contributed by atoms with Gasteiger partial charge in [0, 0.05) is 35.3 Å². The van der Waals surface area contributed by atoms with Gasteiger partial charge >= 0.3 is 0 Å². The molecule has 0 radical (unpaired) electrons. The largest absolute Gasteiger partial charge is 0.497 e. The van der Waals surface area contributed by atoms with Crippen LogP contribution in [-0.2, 0) is 19.5 Å². The van der Waals surface area contributed by atoms with E-state index in [1.807, 2.05) is 39.7 Å². The summed E-state index contributed by atoms with van der Waals surface area (Å²) in [5.74, 6) is 3.89. The van der Waals surface area contributed by atoms with Gasteiger partial charge in [-0.2, -0.15) is 10.2 Å². The Morgan fingerprint density at radius 3 is 1.58 bits per heavy atom. The van der Waals surface area contributed by atoms with Gasteiger partial charge in [0.25, 0.3) is 0 Å². The minimum Gasteiger partial charge on any atom is -0.497 e. The van der Waals surface area contributed by atoms with Gasteiger partial charge in [-0.1, -0.05) is 49.4 Å². The molecule has 2 heterocycles. The summed E-state index contributed by atoms with van der Waals surface area (Å²) in [5.41, 5.74) is 5.25. The fraction of sp³-hybridized carbons (Fsp3) is 0.241. The minimum absolute atomic E-state index is 0.689. The van der Waals surface area contributed by atoms with Crippen LogP contribution in [0, 0.1) is 0 Å². The molecule has 0 aliphatic rings. The lowest BCUT2D eigenvalue weighted by atomic mass is 10.1. The van der Waals surface area contributed by atoms with Crippen molar-refractivity contribution in [2.45, 2.75) is 40.3 Å². The predicted molar refractivity (Wildman–Crippen MR) is 143 cm³/mol. The lowest BCUT2D eigenvalue weighted by Crippen LogP contribution is -2.01. The van der Waals surface area contributed by atoms with Crippen LogP contribution in [0.3, 0.4) is 0 Å². The van der Waals surface area contributed by atoms with E-state index in [1.54, 1.807) is 7.11 Å². The van der Waals surface area contributed by atoms with Crippen LogP contribution in [0.15, 0.2) is 72.8 Å². The summed E-state index contributed by atoms with van der Waals surface area (Å²) in [4.78, 5) is 9.81. The van der Waals surface area contributed by atoms with Gasteiger partial charge in [0.05, 0.1) is 7.11 Å². The molecule has 0 saturated carbocycles. The Kier molecular flexibility index (Phi) is 6.62. The molecule has 182 valence electrons. The average Bonchev–Trinajstić information content (AvgIpc) is 3.58. The van der Waals surface area contributed by atoms with Gasteiger partial charge in [0.1, 0.15) is 5.75 Å². The van der Waals surface area contributed by atoms with E-state index >= 15 is 0 Å². The van der Waals surface area contributed by atoms with Crippen molar-refractivity contribution >= 4 is 0 Å². The van der Waals surface area contributed by atoms with Crippen molar-refractivity contribution in [3.63, 3.8) is 0 Å². The second-order valence-electron chi connectivity index (χ2n) is 8.51. The van der Waals surface area contributed by atoms with Crippen molar-refractivity contribution in [1.29, 1.82) is 0 Å². The Balaban J connectivity index is 1.52. The highest BCUT2D eigenvalue weighted by Gasteiger charge is 2.17. The third-order valence-corrected chi connectivity index (χ3v) is 6.29. The molecule has 0 N–H and O–H groups in total. The van der Waals surface area contributed by atoms with Crippen molar-refractivity contribution in [2.24, 2.45) is 0 Å². The van der Waals surface area contributed by atoms with Gasteiger partial charge in [-0.25, -0.2) is 19.3 Å². The molecular weight excluding hydrogens is 448 g/mol. The highest BCUT2D eigenvalue weighted by atomic mass is 16.5. The molecule has 36 heavy (non-hydrogen) atoms. The molecule has 0 aliphatic heterocycles. The maximum absolute atomic E-state index is 5.28. The van der Waals surface area contributed by atoms with E-state index in [0.717, 1.165) is 58.4 Å². The average molecular weight is 479 g/mol. The topological polar surface area (TPSA) is 70.7 Å². The molecule has 5 aromatic rings. The van der Waals surface area contributed by atoms with Crippen molar-refractivity contribution in [1.82, 2.24) is 29.5 Å². The summed E-state index contributed by atoms with van der Waals surface area (Å²) < 4.78 is 9.17. The SMILES string of the molecule is CCc1ccc(-c2nc(-c3cccc(-c4nc(-c5ccc(OC)cc5)nn4CC)c3)n(CC)n2)cc1. The Hall–Kier alpha value is -4.26. The van der Waals surface area contributed by atoms with Crippen molar-refractivity contribution in [2.75, 3.05) is 7.11 Å².